The van der Waals surface area contributed by atoms with E-state index in [0.29, 0.717) is 18.0 Å². The fraction of sp³-hybridized carbons (Fsp3) is 0.917. The van der Waals surface area contributed by atoms with Gasteiger partial charge < -0.3 is 5.32 Å². The summed E-state index contributed by atoms with van der Waals surface area (Å²) in [5.41, 5.74) is 0. The summed E-state index contributed by atoms with van der Waals surface area (Å²) >= 11 is 0. The zero-order valence-electron chi connectivity index (χ0n) is 10.6. The summed E-state index contributed by atoms with van der Waals surface area (Å²) < 4.78 is 0. The third kappa shape index (κ3) is 2.51. The molecule has 1 N–H and O–H groups in total. The van der Waals surface area contributed by atoms with Gasteiger partial charge in [-0.3, -0.25) is 9.69 Å². The highest BCUT2D eigenvalue weighted by Gasteiger charge is 2.39. The summed E-state index contributed by atoms with van der Waals surface area (Å²) in [6, 6.07) is 1.09. The van der Waals surface area contributed by atoms with Crippen LogP contribution < -0.4 is 5.32 Å². The Bertz CT molecular complexity index is 226. The van der Waals surface area contributed by atoms with E-state index in [1.54, 1.807) is 7.05 Å². The second-order valence-electron chi connectivity index (χ2n) is 5.06. The van der Waals surface area contributed by atoms with Gasteiger partial charge in [0.1, 0.15) is 0 Å². The Kier molecular flexibility index (Phi) is 4.14. The number of amides is 1. The van der Waals surface area contributed by atoms with Crippen LogP contribution in [0, 0.1) is 5.92 Å². The lowest BCUT2D eigenvalue weighted by Gasteiger charge is -2.34. The Hall–Kier alpha value is -0.570. The quantitative estimate of drug-likeness (QED) is 0.771. The standard InChI is InChI=1S/C12H24N2O/c1-8(2)10-6-7-11(12(15)13-5)14(10)9(3)4/h8-11H,6-7H2,1-5H3,(H,13,15). The van der Waals surface area contributed by atoms with Gasteiger partial charge in [0.15, 0.2) is 0 Å². The van der Waals surface area contributed by atoms with E-state index in [0.717, 1.165) is 12.8 Å². The first kappa shape index (κ1) is 12.5. The second-order valence-corrected chi connectivity index (χ2v) is 5.06. The molecule has 88 valence electrons. The lowest BCUT2D eigenvalue weighted by atomic mass is 10.0. The molecule has 0 aliphatic carbocycles. The van der Waals surface area contributed by atoms with Gasteiger partial charge in [0.2, 0.25) is 5.91 Å². The molecule has 1 saturated heterocycles. The molecule has 1 aliphatic rings. The van der Waals surface area contributed by atoms with Gasteiger partial charge in [-0.15, -0.1) is 0 Å². The van der Waals surface area contributed by atoms with Gasteiger partial charge in [0.05, 0.1) is 6.04 Å². The third-order valence-corrected chi connectivity index (χ3v) is 3.39. The Balaban J connectivity index is 2.79. The molecule has 1 amide bonds. The molecule has 3 heteroatoms. The maximum atomic E-state index is 11.7. The van der Waals surface area contributed by atoms with Crippen LogP contribution in [0.1, 0.15) is 40.5 Å². The molecule has 0 aromatic heterocycles. The normalized spacial score (nSPS) is 27.7. The van der Waals surface area contributed by atoms with Crippen LogP contribution in [0.5, 0.6) is 0 Å². The zero-order chi connectivity index (χ0) is 11.6. The van der Waals surface area contributed by atoms with Crippen LogP contribution in [0.25, 0.3) is 0 Å². The van der Waals surface area contributed by atoms with Crippen LogP contribution in [0.2, 0.25) is 0 Å². The van der Waals surface area contributed by atoms with Crippen LogP contribution >= 0.6 is 0 Å². The van der Waals surface area contributed by atoms with Gasteiger partial charge in [-0.25, -0.2) is 0 Å². The number of nitrogens with one attached hydrogen (secondary N) is 1. The lowest BCUT2D eigenvalue weighted by Crippen LogP contribution is -2.49. The van der Waals surface area contributed by atoms with Crippen LogP contribution in [-0.4, -0.2) is 36.0 Å². The van der Waals surface area contributed by atoms with Crippen molar-refractivity contribution in [3.8, 4) is 0 Å². The molecule has 0 aromatic carbocycles. The van der Waals surface area contributed by atoms with Gasteiger partial charge in [-0.2, -0.15) is 0 Å². The molecule has 2 unspecified atom stereocenters. The molecule has 0 spiro atoms. The maximum absolute atomic E-state index is 11.7. The maximum Gasteiger partial charge on any atom is 0.237 e. The SMILES string of the molecule is CNC(=O)C1CCC(C(C)C)N1C(C)C. The molecule has 15 heavy (non-hydrogen) atoms. The van der Waals surface area contributed by atoms with Gasteiger partial charge >= 0.3 is 0 Å². The van der Waals surface area contributed by atoms with Crippen LogP contribution in [0.4, 0.5) is 0 Å². The number of hydrogen-bond acceptors (Lipinski definition) is 2. The number of hydrogen-bond donors (Lipinski definition) is 1. The lowest BCUT2D eigenvalue weighted by molar-refractivity contribution is -0.126. The molecule has 0 aromatic rings. The van der Waals surface area contributed by atoms with E-state index >= 15 is 0 Å². The van der Waals surface area contributed by atoms with Crippen molar-refractivity contribution in [1.29, 1.82) is 0 Å². The topological polar surface area (TPSA) is 32.3 Å². The molecular weight excluding hydrogens is 188 g/mol. The van der Waals surface area contributed by atoms with E-state index in [9.17, 15) is 4.79 Å². The molecule has 0 saturated carbocycles. The largest absolute Gasteiger partial charge is 0.358 e. The van der Waals surface area contributed by atoms with E-state index in [2.05, 4.69) is 37.9 Å². The highest BCUT2D eigenvalue weighted by molar-refractivity contribution is 5.81. The highest BCUT2D eigenvalue weighted by atomic mass is 16.2. The zero-order valence-corrected chi connectivity index (χ0v) is 10.6. The van der Waals surface area contributed by atoms with Crippen molar-refractivity contribution in [1.82, 2.24) is 10.2 Å². The molecule has 1 rings (SSSR count). The van der Waals surface area contributed by atoms with E-state index in [-0.39, 0.29) is 11.9 Å². The van der Waals surface area contributed by atoms with Crippen LogP contribution in [0.15, 0.2) is 0 Å². The Morgan fingerprint density at radius 2 is 1.87 bits per heavy atom. The minimum absolute atomic E-state index is 0.0856. The summed E-state index contributed by atoms with van der Waals surface area (Å²) in [7, 11) is 1.73. The van der Waals surface area contributed by atoms with Gasteiger partial charge in [0, 0.05) is 19.1 Å². The molecule has 1 aliphatic heterocycles. The minimum atomic E-state index is 0.0856. The molecule has 3 nitrogen and oxygen atoms in total. The predicted octanol–water partition coefficient (Wildman–Crippen LogP) is 1.63. The van der Waals surface area contributed by atoms with Gasteiger partial charge in [-0.1, -0.05) is 13.8 Å². The Morgan fingerprint density at radius 1 is 1.27 bits per heavy atom. The Morgan fingerprint density at radius 3 is 2.27 bits per heavy atom. The first-order valence-corrected chi connectivity index (χ1v) is 5.98. The van der Waals surface area contributed by atoms with Crippen LogP contribution in [-0.2, 0) is 4.79 Å². The number of nitrogens with zero attached hydrogens (tertiary/aromatic N) is 1. The van der Waals surface area contributed by atoms with Crippen LogP contribution in [0.3, 0.4) is 0 Å². The molecule has 1 fully saturated rings. The summed E-state index contributed by atoms with van der Waals surface area (Å²) in [5.74, 6) is 0.800. The van der Waals surface area contributed by atoms with Crippen molar-refractivity contribution < 1.29 is 4.79 Å². The van der Waals surface area contributed by atoms with Crippen molar-refractivity contribution in [2.75, 3.05) is 7.05 Å². The second kappa shape index (κ2) is 4.97. The summed E-state index contributed by atoms with van der Waals surface area (Å²) in [5, 5.41) is 2.77. The molecular formula is C12H24N2O. The van der Waals surface area contributed by atoms with Gasteiger partial charge in [0.25, 0.3) is 0 Å². The van der Waals surface area contributed by atoms with Crippen molar-refractivity contribution in [2.45, 2.75) is 58.7 Å². The van der Waals surface area contributed by atoms with Gasteiger partial charge in [-0.05, 0) is 32.6 Å². The monoisotopic (exact) mass is 212 g/mol. The van der Waals surface area contributed by atoms with Crippen molar-refractivity contribution >= 4 is 5.91 Å². The van der Waals surface area contributed by atoms with E-state index in [1.807, 2.05) is 0 Å². The average molecular weight is 212 g/mol. The smallest absolute Gasteiger partial charge is 0.237 e. The van der Waals surface area contributed by atoms with E-state index in [4.69, 9.17) is 0 Å². The summed E-state index contributed by atoms with van der Waals surface area (Å²) in [6.07, 6.45) is 2.15. The number of rotatable bonds is 3. The van der Waals surface area contributed by atoms with Crippen molar-refractivity contribution in [3.63, 3.8) is 0 Å². The minimum Gasteiger partial charge on any atom is -0.358 e. The number of carbonyl (C=O) groups is 1. The molecule has 2 atom stereocenters. The third-order valence-electron chi connectivity index (χ3n) is 3.39. The first-order valence-electron chi connectivity index (χ1n) is 5.98. The van der Waals surface area contributed by atoms with Crippen molar-refractivity contribution in [2.24, 2.45) is 5.92 Å². The molecule has 0 bridgehead atoms. The fourth-order valence-corrected chi connectivity index (χ4v) is 2.71. The van der Waals surface area contributed by atoms with E-state index in [1.165, 1.54) is 0 Å². The Labute approximate surface area is 93.2 Å². The first-order chi connectivity index (χ1) is 6.99. The average Bonchev–Trinajstić information content (AvgIpc) is 2.60. The van der Waals surface area contributed by atoms with E-state index < -0.39 is 0 Å². The number of carbonyl (C=O) groups excluding carboxylic acids is 1. The summed E-state index contributed by atoms with van der Waals surface area (Å²) in [4.78, 5) is 14.1. The molecule has 1 heterocycles. The highest BCUT2D eigenvalue weighted by Crippen LogP contribution is 2.30. The number of likely N-dealkylation sites (tertiary alicyclic amines) is 1. The fourth-order valence-electron chi connectivity index (χ4n) is 2.71. The molecule has 0 radical (unpaired) electrons. The van der Waals surface area contributed by atoms with Crippen molar-refractivity contribution in [3.05, 3.63) is 0 Å². The number of likely N-dealkylation sites (N-methyl/N-ethyl adjacent to an activating group) is 1. The predicted molar refractivity (Wildman–Crippen MR) is 62.7 cm³/mol. The summed E-state index contributed by atoms with van der Waals surface area (Å²) in [6.45, 7) is 8.84.